The molecule has 4 rings (SSSR count). The monoisotopic (exact) mass is 433 g/mol. The molecule has 2 aromatic rings. The minimum atomic E-state index is 0. The Labute approximate surface area is 179 Å². The van der Waals surface area contributed by atoms with E-state index in [1.165, 1.54) is 5.56 Å². The van der Waals surface area contributed by atoms with Gasteiger partial charge in [-0.2, -0.15) is 0 Å². The van der Waals surface area contributed by atoms with E-state index in [1.807, 2.05) is 18.3 Å². The Bertz CT molecular complexity index is 672. The third-order valence-electron chi connectivity index (χ3n) is 4.71. The molecule has 0 amide bonds. The Hall–Kier alpha value is -1.24. The first-order valence-electron chi connectivity index (χ1n) is 8.61. The number of fused-ring (bicyclic) bond motifs is 1. The van der Waals surface area contributed by atoms with Crippen LogP contribution >= 0.6 is 37.2 Å². The number of nitrogens with zero attached hydrogens (tertiary/aromatic N) is 3. The minimum absolute atomic E-state index is 0. The maximum absolute atomic E-state index is 5.79. The first kappa shape index (κ1) is 23.8. The average molecular weight is 435 g/mol. The van der Waals surface area contributed by atoms with Crippen molar-refractivity contribution in [1.29, 1.82) is 0 Å². The van der Waals surface area contributed by atoms with Crippen LogP contribution in [-0.2, 0) is 4.74 Å². The lowest BCUT2D eigenvalue weighted by Crippen LogP contribution is -2.45. The first-order chi connectivity index (χ1) is 11.9. The van der Waals surface area contributed by atoms with Gasteiger partial charge in [0.05, 0.1) is 25.8 Å². The van der Waals surface area contributed by atoms with Crippen LogP contribution in [0.2, 0.25) is 0 Å². The van der Waals surface area contributed by atoms with E-state index in [-0.39, 0.29) is 43.3 Å². The number of benzene rings is 1. The van der Waals surface area contributed by atoms with Crippen LogP contribution in [0.3, 0.4) is 0 Å². The number of halogens is 3. The first-order valence-corrected chi connectivity index (χ1v) is 8.61. The Balaban J connectivity index is 0.00000121. The molecular weight excluding hydrogens is 409 g/mol. The number of anilines is 1. The van der Waals surface area contributed by atoms with Gasteiger partial charge in [0.1, 0.15) is 6.61 Å². The molecule has 5 nitrogen and oxygen atoms in total. The normalized spacial score (nSPS) is 17.3. The molecule has 0 N–H and O–H groups in total. The summed E-state index contributed by atoms with van der Waals surface area (Å²) in [6.07, 6.45) is 1.84. The summed E-state index contributed by atoms with van der Waals surface area (Å²) in [5.41, 5.74) is 1.32. The van der Waals surface area contributed by atoms with Crippen molar-refractivity contribution < 1.29 is 9.47 Å². The highest BCUT2D eigenvalue weighted by Gasteiger charge is 2.29. The minimum Gasteiger partial charge on any atom is -0.488 e. The summed E-state index contributed by atoms with van der Waals surface area (Å²) in [6.45, 7) is 6.15. The molecule has 1 unspecified atom stereocenters. The number of hydrogen-bond donors (Lipinski definition) is 0. The maximum atomic E-state index is 5.79. The molecular formula is C19H26Cl3N3O2. The van der Waals surface area contributed by atoms with Crippen LogP contribution in [0.4, 0.5) is 5.82 Å². The van der Waals surface area contributed by atoms with Crippen molar-refractivity contribution in [2.24, 2.45) is 0 Å². The zero-order valence-electron chi connectivity index (χ0n) is 15.0. The van der Waals surface area contributed by atoms with Crippen molar-refractivity contribution in [1.82, 2.24) is 9.88 Å². The van der Waals surface area contributed by atoms with Gasteiger partial charge in [-0.3, -0.25) is 4.90 Å². The third kappa shape index (κ3) is 5.62. The van der Waals surface area contributed by atoms with Gasteiger partial charge < -0.3 is 14.4 Å². The molecule has 1 aromatic carbocycles. The van der Waals surface area contributed by atoms with Crippen molar-refractivity contribution in [2.45, 2.75) is 6.04 Å². The van der Waals surface area contributed by atoms with E-state index in [9.17, 15) is 0 Å². The lowest BCUT2D eigenvalue weighted by Gasteiger charge is -2.40. The van der Waals surface area contributed by atoms with Gasteiger partial charge in [0.25, 0.3) is 0 Å². The summed E-state index contributed by atoms with van der Waals surface area (Å²) in [5, 5.41) is 0. The van der Waals surface area contributed by atoms with E-state index in [2.05, 4.69) is 45.1 Å². The summed E-state index contributed by atoms with van der Waals surface area (Å²) in [5.74, 6) is 1.83. The summed E-state index contributed by atoms with van der Waals surface area (Å²) in [4.78, 5) is 9.48. The maximum Gasteiger partial charge on any atom is 0.172 e. The number of aromatic nitrogens is 1. The molecule has 2 aliphatic heterocycles. The van der Waals surface area contributed by atoms with Crippen molar-refractivity contribution in [2.75, 3.05) is 50.9 Å². The second kappa shape index (κ2) is 11.6. The van der Waals surface area contributed by atoms with Gasteiger partial charge in [-0.15, -0.1) is 37.2 Å². The molecule has 27 heavy (non-hydrogen) atoms. The van der Waals surface area contributed by atoms with Gasteiger partial charge in [0.2, 0.25) is 0 Å². The topological polar surface area (TPSA) is 37.8 Å². The second-order valence-electron chi connectivity index (χ2n) is 6.21. The SMILES string of the molecule is Cl.Cl.Cl.c1ccc(C(CN2CCOCC2)N2CCOc3cccnc32)cc1. The fourth-order valence-electron chi connectivity index (χ4n) is 3.46. The van der Waals surface area contributed by atoms with E-state index in [4.69, 9.17) is 9.47 Å². The number of pyridine rings is 1. The average Bonchev–Trinajstić information content (AvgIpc) is 2.67. The van der Waals surface area contributed by atoms with Crippen LogP contribution in [-0.4, -0.2) is 55.9 Å². The number of hydrogen-bond acceptors (Lipinski definition) is 5. The zero-order valence-corrected chi connectivity index (χ0v) is 17.5. The quantitative estimate of drug-likeness (QED) is 0.735. The Morgan fingerprint density at radius 1 is 0.889 bits per heavy atom. The summed E-state index contributed by atoms with van der Waals surface area (Å²) in [7, 11) is 0. The molecule has 8 heteroatoms. The highest BCUT2D eigenvalue weighted by Crippen LogP contribution is 2.35. The molecule has 2 aliphatic rings. The Morgan fingerprint density at radius 3 is 2.37 bits per heavy atom. The van der Waals surface area contributed by atoms with Gasteiger partial charge in [0.15, 0.2) is 11.6 Å². The smallest absolute Gasteiger partial charge is 0.172 e. The van der Waals surface area contributed by atoms with Gasteiger partial charge in [-0.1, -0.05) is 30.3 Å². The van der Waals surface area contributed by atoms with Crippen molar-refractivity contribution in [3.05, 3.63) is 54.2 Å². The van der Waals surface area contributed by atoms with Crippen molar-refractivity contribution in [3.63, 3.8) is 0 Å². The van der Waals surface area contributed by atoms with E-state index < -0.39 is 0 Å². The lowest BCUT2D eigenvalue weighted by molar-refractivity contribution is 0.0345. The van der Waals surface area contributed by atoms with Crippen LogP contribution in [0, 0.1) is 0 Å². The van der Waals surface area contributed by atoms with E-state index >= 15 is 0 Å². The number of ether oxygens (including phenoxy) is 2. The highest BCUT2D eigenvalue weighted by atomic mass is 35.5. The molecule has 0 spiro atoms. The van der Waals surface area contributed by atoms with Crippen LogP contribution in [0.25, 0.3) is 0 Å². The lowest BCUT2D eigenvalue weighted by atomic mass is 10.0. The van der Waals surface area contributed by atoms with Crippen LogP contribution < -0.4 is 9.64 Å². The van der Waals surface area contributed by atoms with E-state index in [1.54, 1.807) is 0 Å². The van der Waals surface area contributed by atoms with Crippen molar-refractivity contribution >= 4 is 43.0 Å². The van der Waals surface area contributed by atoms with Crippen LogP contribution in [0.1, 0.15) is 11.6 Å². The largest absolute Gasteiger partial charge is 0.488 e. The predicted molar refractivity (Wildman–Crippen MR) is 115 cm³/mol. The van der Waals surface area contributed by atoms with E-state index in [0.717, 1.165) is 51.0 Å². The highest BCUT2D eigenvalue weighted by molar-refractivity contribution is 5.86. The van der Waals surface area contributed by atoms with Crippen LogP contribution in [0.15, 0.2) is 48.7 Å². The number of morpholine rings is 1. The molecule has 0 aliphatic carbocycles. The molecule has 1 aromatic heterocycles. The molecule has 150 valence electrons. The summed E-state index contributed by atoms with van der Waals surface area (Å²) < 4.78 is 11.3. The van der Waals surface area contributed by atoms with Gasteiger partial charge in [0, 0.05) is 25.8 Å². The molecule has 0 bridgehead atoms. The van der Waals surface area contributed by atoms with Gasteiger partial charge in [-0.25, -0.2) is 4.98 Å². The summed E-state index contributed by atoms with van der Waals surface area (Å²) in [6, 6.07) is 14.9. The third-order valence-corrected chi connectivity index (χ3v) is 4.71. The molecule has 0 saturated carbocycles. The zero-order chi connectivity index (χ0) is 16.2. The Kier molecular flexibility index (Phi) is 10.2. The molecule has 1 saturated heterocycles. The van der Waals surface area contributed by atoms with Gasteiger partial charge >= 0.3 is 0 Å². The fourth-order valence-corrected chi connectivity index (χ4v) is 3.46. The molecule has 1 fully saturated rings. The molecule has 1 atom stereocenters. The predicted octanol–water partition coefficient (Wildman–Crippen LogP) is 3.62. The van der Waals surface area contributed by atoms with Crippen LogP contribution in [0.5, 0.6) is 5.75 Å². The molecule has 0 radical (unpaired) electrons. The Morgan fingerprint density at radius 2 is 1.63 bits per heavy atom. The summed E-state index contributed by atoms with van der Waals surface area (Å²) >= 11 is 0. The van der Waals surface area contributed by atoms with E-state index in [0.29, 0.717) is 6.61 Å². The molecule has 3 heterocycles. The van der Waals surface area contributed by atoms with Gasteiger partial charge in [-0.05, 0) is 17.7 Å². The standard InChI is InChI=1S/C19H23N3O2.3ClH/c1-2-5-16(6-3-1)17(15-21-9-12-23-13-10-21)22-11-14-24-18-7-4-8-20-19(18)22;;;/h1-8,17H,9-15H2;3*1H. The number of rotatable bonds is 4. The fraction of sp³-hybridized carbons (Fsp3) is 0.421. The second-order valence-corrected chi connectivity index (χ2v) is 6.21. The van der Waals surface area contributed by atoms with Crippen molar-refractivity contribution in [3.8, 4) is 5.75 Å².